The van der Waals surface area contributed by atoms with Crippen LogP contribution in [-0.4, -0.2) is 19.2 Å². The maximum Gasteiger partial charge on any atom is 0.331 e. The molecule has 4 heteroatoms. The normalized spacial score (nSPS) is 12.1. The van der Waals surface area contributed by atoms with Crippen molar-refractivity contribution in [3.63, 3.8) is 0 Å². The molecule has 0 N–H and O–H groups in total. The summed E-state index contributed by atoms with van der Waals surface area (Å²) in [5.41, 5.74) is 5.83. The van der Waals surface area contributed by atoms with E-state index in [4.69, 9.17) is 9.47 Å². The van der Waals surface area contributed by atoms with Crippen LogP contribution in [0.15, 0.2) is 42.5 Å². The molecule has 3 aromatic rings. The maximum absolute atomic E-state index is 12.0. The molecule has 1 aromatic heterocycles. The zero-order chi connectivity index (χ0) is 24.1. The van der Waals surface area contributed by atoms with Crippen LogP contribution in [0.1, 0.15) is 82.7 Å². The monoisotopic (exact) mass is 464 g/mol. The summed E-state index contributed by atoms with van der Waals surface area (Å²) in [6.45, 7) is 15.9. The molecule has 0 radical (unpaired) electrons. The Morgan fingerprint density at radius 3 is 2.42 bits per heavy atom. The Hall–Kier alpha value is -2.59. The molecule has 0 amide bonds. The Kier molecular flexibility index (Phi) is 8.36. The van der Waals surface area contributed by atoms with Crippen molar-refractivity contribution in [2.75, 3.05) is 13.2 Å². The number of rotatable bonds is 9. The number of carbonyl (C=O) groups is 1. The van der Waals surface area contributed by atoms with Crippen LogP contribution in [-0.2, 0) is 9.53 Å². The lowest BCUT2D eigenvalue weighted by Crippen LogP contribution is -2.04. The highest BCUT2D eigenvalue weighted by atomic mass is 32.1. The number of hydrogen-bond acceptors (Lipinski definition) is 4. The van der Waals surface area contributed by atoms with Crippen LogP contribution in [0.5, 0.6) is 5.75 Å². The van der Waals surface area contributed by atoms with Gasteiger partial charge in [0.1, 0.15) is 5.75 Å². The molecule has 0 unspecified atom stereocenters. The van der Waals surface area contributed by atoms with Crippen molar-refractivity contribution >= 4 is 33.0 Å². The molecule has 2 aromatic carbocycles. The first-order chi connectivity index (χ1) is 15.8. The zero-order valence-electron chi connectivity index (χ0n) is 21.0. The molecule has 3 rings (SSSR count). The lowest BCUT2D eigenvalue weighted by atomic mass is 9.88. The van der Waals surface area contributed by atoms with Gasteiger partial charge in [-0.05, 0) is 72.6 Å². The first-order valence-electron chi connectivity index (χ1n) is 12.0. The van der Waals surface area contributed by atoms with E-state index >= 15 is 0 Å². The van der Waals surface area contributed by atoms with Gasteiger partial charge in [-0.1, -0.05) is 52.8 Å². The average Bonchev–Trinajstić information content (AvgIpc) is 3.21. The van der Waals surface area contributed by atoms with Crippen molar-refractivity contribution in [3.05, 3.63) is 58.5 Å². The largest absolute Gasteiger partial charge is 0.493 e. The van der Waals surface area contributed by atoms with Crippen LogP contribution in [0.25, 0.3) is 26.8 Å². The molecule has 0 saturated heterocycles. The van der Waals surface area contributed by atoms with Gasteiger partial charge in [0, 0.05) is 26.6 Å². The molecule has 0 fully saturated rings. The van der Waals surface area contributed by atoms with Gasteiger partial charge in [0.25, 0.3) is 0 Å². The van der Waals surface area contributed by atoms with Crippen molar-refractivity contribution < 1.29 is 14.3 Å². The summed E-state index contributed by atoms with van der Waals surface area (Å²) in [5, 5.41) is 1.19. The number of thiophene rings is 1. The van der Waals surface area contributed by atoms with Gasteiger partial charge < -0.3 is 9.47 Å². The van der Waals surface area contributed by atoms with Crippen LogP contribution >= 0.6 is 11.3 Å². The molecule has 0 atom stereocenters. The fourth-order valence-corrected chi connectivity index (χ4v) is 4.98. The second kappa shape index (κ2) is 11.0. The summed E-state index contributed by atoms with van der Waals surface area (Å²) in [4.78, 5) is 13.0. The first kappa shape index (κ1) is 25.0. The second-order valence-corrected chi connectivity index (χ2v) is 10.1. The standard InChI is InChI=1S/C29H36O3S/c1-8-13-32-29-23(19(5)6)15-21(18(3)4)16-25(29)22-11-10-12-26-24(22)17-27(33-26)20(7)14-28(30)31-9-2/h10-12,14-19H,8-9,13H2,1-7H3/b20-14+. The Morgan fingerprint density at radius 1 is 1.03 bits per heavy atom. The Bertz CT molecular complexity index is 1150. The van der Waals surface area contributed by atoms with E-state index in [0.29, 0.717) is 25.0 Å². The van der Waals surface area contributed by atoms with E-state index in [0.717, 1.165) is 28.2 Å². The van der Waals surface area contributed by atoms with Crippen molar-refractivity contribution in [2.24, 2.45) is 0 Å². The third-order valence-electron chi connectivity index (χ3n) is 5.74. The molecule has 176 valence electrons. The van der Waals surface area contributed by atoms with E-state index in [1.54, 1.807) is 17.4 Å². The minimum Gasteiger partial charge on any atom is -0.493 e. The molecular weight excluding hydrogens is 428 g/mol. The number of carbonyl (C=O) groups excluding carboxylic acids is 1. The molecule has 0 bridgehead atoms. The lowest BCUT2D eigenvalue weighted by molar-refractivity contribution is -0.137. The molecule has 1 heterocycles. The Balaban J connectivity index is 2.23. The Labute approximate surface area is 202 Å². The van der Waals surface area contributed by atoms with Gasteiger partial charge in [0.15, 0.2) is 0 Å². The van der Waals surface area contributed by atoms with Gasteiger partial charge in [0.05, 0.1) is 13.2 Å². The fraction of sp³-hybridized carbons (Fsp3) is 0.414. The van der Waals surface area contributed by atoms with Crippen LogP contribution in [0.4, 0.5) is 0 Å². The third kappa shape index (κ3) is 5.67. The minimum absolute atomic E-state index is 0.297. The molecule has 0 aliphatic heterocycles. The highest BCUT2D eigenvalue weighted by Crippen LogP contribution is 2.44. The van der Waals surface area contributed by atoms with Crippen molar-refractivity contribution in [2.45, 2.75) is 66.7 Å². The number of hydrogen-bond donors (Lipinski definition) is 0. The Morgan fingerprint density at radius 2 is 1.79 bits per heavy atom. The molecule has 0 aliphatic carbocycles. The number of esters is 1. The lowest BCUT2D eigenvalue weighted by Gasteiger charge is -2.21. The molecule has 3 nitrogen and oxygen atoms in total. The number of fused-ring (bicyclic) bond motifs is 1. The van der Waals surface area contributed by atoms with Gasteiger partial charge >= 0.3 is 5.97 Å². The number of benzene rings is 2. The van der Waals surface area contributed by atoms with E-state index in [-0.39, 0.29) is 5.97 Å². The molecule has 0 aliphatic rings. The first-order valence-corrected chi connectivity index (χ1v) is 12.8. The van der Waals surface area contributed by atoms with E-state index in [9.17, 15) is 4.79 Å². The van der Waals surface area contributed by atoms with Crippen molar-refractivity contribution in [3.8, 4) is 16.9 Å². The average molecular weight is 465 g/mol. The van der Waals surface area contributed by atoms with E-state index < -0.39 is 0 Å². The van der Waals surface area contributed by atoms with E-state index in [1.807, 2.05) is 13.8 Å². The summed E-state index contributed by atoms with van der Waals surface area (Å²) in [7, 11) is 0. The van der Waals surface area contributed by atoms with Crippen LogP contribution < -0.4 is 4.74 Å². The van der Waals surface area contributed by atoms with Crippen LogP contribution in [0, 0.1) is 0 Å². The summed E-state index contributed by atoms with van der Waals surface area (Å²) in [6, 6.07) is 13.3. The van der Waals surface area contributed by atoms with Gasteiger partial charge in [-0.15, -0.1) is 11.3 Å². The van der Waals surface area contributed by atoms with Crippen LogP contribution in [0.3, 0.4) is 0 Å². The fourth-order valence-electron chi connectivity index (χ4n) is 3.92. The second-order valence-electron chi connectivity index (χ2n) is 9.05. The summed E-state index contributed by atoms with van der Waals surface area (Å²) in [5.74, 6) is 1.49. The van der Waals surface area contributed by atoms with Crippen molar-refractivity contribution in [1.29, 1.82) is 0 Å². The quantitative estimate of drug-likeness (QED) is 0.235. The van der Waals surface area contributed by atoms with Crippen molar-refractivity contribution in [1.82, 2.24) is 0 Å². The summed E-state index contributed by atoms with van der Waals surface area (Å²) >= 11 is 1.70. The molecule has 0 spiro atoms. The highest BCUT2D eigenvalue weighted by molar-refractivity contribution is 7.20. The predicted octanol–water partition coefficient (Wildman–Crippen LogP) is 8.57. The maximum atomic E-state index is 12.0. The van der Waals surface area contributed by atoms with E-state index in [1.165, 1.54) is 26.8 Å². The van der Waals surface area contributed by atoms with Gasteiger partial charge in [-0.3, -0.25) is 0 Å². The minimum atomic E-state index is -0.297. The smallest absolute Gasteiger partial charge is 0.331 e. The van der Waals surface area contributed by atoms with Gasteiger partial charge in [-0.25, -0.2) is 4.79 Å². The summed E-state index contributed by atoms with van der Waals surface area (Å²) < 4.78 is 12.7. The van der Waals surface area contributed by atoms with Gasteiger partial charge in [-0.2, -0.15) is 0 Å². The molecule has 0 saturated carbocycles. The number of allylic oxidation sites excluding steroid dienone is 1. The van der Waals surface area contributed by atoms with E-state index in [2.05, 4.69) is 71.0 Å². The zero-order valence-corrected chi connectivity index (χ0v) is 21.8. The topological polar surface area (TPSA) is 35.5 Å². The predicted molar refractivity (Wildman–Crippen MR) is 142 cm³/mol. The van der Waals surface area contributed by atoms with Gasteiger partial charge in [0.2, 0.25) is 0 Å². The van der Waals surface area contributed by atoms with Crippen LogP contribution in [0.2, 0.25) is 0 Å². The third-order valence-corrected chi connectivity index (χ3v) is 6.98. The molecule has 33 heavy (non-hydrogen) atoms. The molecular formula is C29H36O3S. The highest BCUT2D eigenvalue weighted by Gasteiger charge is 2.20. The number of ether oxygens (including phenoxy) is 2. The SMILES string of the molecule is CCCOc1c(-c2cccc3sc(/C(C)=C/C(=O)OCC)cc23)cc(C(C)C)cc1C(C)C. The summed E-state index contributed by atoms with van der Waals surface area (Å²) in [6.07, 6.45) is 2.55.